The van der Waals surface area contributed by atoms with Gasteiger partial charge >= 0.3 is 0 Å². The van der Waals surface area contributed by atoms with Crippen LogP contribution in [-0.4, -0.2) is 10.1 Å². The van der Waals surface area contributed by atoms with Gasteiger partial charge in [0.05, 0.1) is 11.8 Å². The van der Waals surface area contributed by atoms with Crippen molar-refractivity contribution in [3.63, 3.8) is 0 Å². The Kier molecular flexibility index (Phi) is 3.38. The Labute approximate surface area is 128 Å². The van der Waals surface area contributed by atoms with Crippen LogP contribution in [0.2, 0.25) is 0 Å². The van der Waals surface area contributed by atoms with Crippen LogP contribution in [0.3, 0.4) is 0 Å². The Morgan fingerprint density at radius 1 is 1.24 bits per heavy atom. The van der Waals surface area contributed by atoms with E-state index in [1.807, 2.05) is 24.3 Å². The maximum absolute atomic E-state index is 9.66. The first-order chi connectivity index (χ1) is 9.84. The average molecular weight is 301 g/mol. The molecule has 0 saturated heterocycles. The van der Waals surface area contributed by atoms with Gasteiger partial charge in [-0.2, -0.15) is 0 Å². The van der Waals surface area contributed by atoms with E-state index in [2.05, 4.69) is 31.1 Å². The molecule has 3 nitrogen and oxygen atoms in total. The molecule has 1 unspecified atom stereocenters. The third-order valence-electron chi connectivity index (χ3n) is 3.51. The van der Waals surface area contributed by atoms with Crippen molar-refractivity contribution in [2.75, 3.05) is 0 Å². The molecule has 1 aromatic carbocycles. The monoisotopic (exact) mass is 301 g/mol. The van der Waals surface area contributed by atoms with Crippen molar-refractivity contribution in [3.8, 4) is 10.8 Å². The van der Waals surface area contributed by atoms with Crippen LogP contribution in [0, 0.1) is 0 Å². The van der Waals surface area contributed by atoms with Gasteiger partial charge in [-0.3, -0.25) is 0 Å². The molecule has 0 spiro atoms. The zero-order chi connectivity index (χ0) is 15.2. The van der Waals surface area contributed by atoms with E-state index in [0.29, 0.717) is 0 Å². The van der Waals surface area contributed by atoms with Crippen LogP contribution in [0.5, 0.6) is 0 Å². The number of aliphatic hydroxyl groups excluding tert-OH is 1. The van der Waals surface area contributed by atoms with Crippen LogP contribution in [0.4, 0.5) is 0 Å². The lowest BCUT2D eigenvalue weighted by atomic mass is 9.93. The Morgan fingerprint density at radius 3 is 2.62 bits per heavy atom. The number of hydrogen-bond acceptors (Lipinski definition) is 4. The lowest BCUT2D eigenvalue weighted by Gasteiger charge is -2.13. The summed E-state index contributed by atoms with van der Waals surface area (Å²) in [5.74, 6) is 0.785. The minimum absolute atomic E-state index is 0.0419. The molecule has 0 amide bonds. The van der Waals surface area contributed by atoms with Crippen LogP contribution < -0.4 is 0 Å². The lowest BCUT2D eigenvalue weighted by Crippen LogP contribution is -2.11. The number of fused-ring (bicyclic) bond motifs is 1. The summed E-state index contributed by atoms with van der Waals surface area (Å²) < 4.78 is 5.88. The molecular formula is C17H19NO2S. The molecule has 3 rings (SSSR count). The molecule has 0 saturated carbocycles. The molecular weight excluding hydrogens is 282 g/mol. The van der Waals surface area contributed by atoms with E-state index >= 15 is 0 Å². The predicted molar refractivity (Wildman–Crippen MR) is 86.7 cm³/mol. The molecule has 0 aliphatic rings. The Morgan fingerprint density at radius 2 is 2.00 bits per heavy atom. The van der Waals surface area contributed by atoms with E-state index in [9.17, 15) is 5.11 Å². The number of aliphatic hydroxyl groups is 1. The molecule has 0 bridgehead atoms. The number of nitrogens with zero attached hydrogens (tertiary/aromatic N) is 1. The van der Waals surface area contributed by atoms with Gasteiger partial charge in [-0.15, -0.1) is 11.3 Å². The molecule has 1 N–H and O–H groups in total. The first-order valence-corrected chi connectivity index (χ1v) is 7.90. The van der Waals surface area contributed by atoms with Gasteiger partial charge in [-0.1, -0.05) is 26.8 Å². The van der Waals surface area contributed by atoms with Crippen molar-refractivity contribution in [2.45, 2.75) is 39.2 Å². The van der Waals surface area contributed by atoms with E-state index in [1.165, 1.54) is 0 Å². The van der Waals surface area contributed by atoms with Crippen molar-refractivity contribution in [1.82, 2.24) is 4.98 Å². The molecule has 2 aromatic heterocycles. The van der Waals surface area contributed by atoms with Gasteiger partial charge in [0, 0.05) is 16.2 Å². The van der Waals surface area contributed by atoms with Crippen LogP contribution >= 0.6 is 11.3 Å². The topological polar surface area (TPSA) is 46.3 Å². The highest BCUT2D eigenvalue weighted by Gasteiger charge is 2.19. The van der Waals surface area contributed by atoms with Gasteiger partial charge < -0.3 is 9.52 Å². The fourth-order valence-corrected chi connectivity index (χ4v) is 3.16. The molecule has 0 aliphatic heterocycles. The summed E-state index contributed by atoms with van der Waals surface area (Å²) in [5.41, 5.74) is 2.83. The summed E-state index contributed by atoms with van der Waals surface area (Å²) in [6.45, 7) is 8.22. The Balaban J connectivity index is 2.03. The van der Waals surface area contributed by atoms with Gasteiger partial charge in [-0.05, 0) is 30.7 Å². The highest BCUT2D eigenvalue weighted by molar-refractivity contribution is 7.13. The highest BCUT2D eigenvalue weighted by Crippen LogP contribution is 2.33. The minimum atomic E-state index is -0.472. The van der Waals surface area contributed by atoms with Crippen LogP contribution in [0.15, 0.2) is 34.1 Å². The van der Waals surface area contributed by atoms with Gasteiger partial charge in [-0.25, -0.2) is 4.98 Å². The Bertz CT molecular complexity index is 778. The summed E-state index contributed by atoms with van der Waals surface area (Å²) in [4.78, 5) is 4.68. The number of rotatable bonds is 2. The zero-order valence-electron chi connectivity index (χ0n) is 12.7. The number of furan rings is 1. The molecule has 21 heavy (non-hydrogen) atoms. The minimum Gasteiger partial charge on any atom is -0.454 e. The predicted octanol–water partition coefficient (Wildman–Crippen LogP) is 4.91. The number of hydrogen-bond donors (Lipinski definition) is 1. The average Bonchev–Trinajstić information content (AvgIpc) is 3.03. The summed E-state index contributed by atoms with van der Waals surface area (Å²) in [6, 6.07) is 7.75. The highest BCUT2D eigenvalue weighted by atomic mass is 32.1. The first kappa shape index (κ1) is 14.3. The van der Waals surface area contributed by atoms with Gasteiger partial charge in [0.25, 0.3) is 0 Å². The first-order valence-electron chi connectivity index (χ1n) is 7.02. The lowest BCUT2D eigenvalue weighted by molar-refractivity contribution is 0.199. The molecule has 1 atom stereocenters. The SMILES string of the molecule is CC(O)c1ccc2oc(-c3nc(C(C)(C)C)cs3)cc2c1. The standard InChI is InChI=1S/C17H19NO2S/c1-10(19)11-5-6-13-12(7-11)8-14(20-13)16-18-15(9-21-16)17(2,3)4/h5-10,19H,1-4H3. The third kappa shape index (κ3) is 2.74. The quantitative estimate of drug-likeness (QED) is 0.731. The zero-order valence-corrected chi connectivity index (χ0v) is 13.5. The van der Waals surface area contributed by atoms with E-state index in [-0.39, 0.29) is 5.41 Å². The molecule has 2 heterocycles. The summed E-state index contributed by atoms with van der Waals surface area (Å²) >= 11 is 1.60. The summed E-state index contributed by atoms with van der Waals surface area (Å²) in [6.07, 6.45) is -0.472. The number of aromatic nitrogens is 1. The fraction of sp³-hybridized carbons (Fsp3) is 0.353. The summed E-state index contributed by atoms with van der Waals surface area (Å²) in [5, 5.41) is 13.6. The van der Waals surface area contributed by atoms with E-state index in [1.54, 1.807) is 18.3 Å². The summed E-state index contributed by atoms with van der Waals surface area (Å²) in [7, 11) is 0. The Hall–Kier alpha value is -1.65. The second kappa shape index (κ2) is 4.97. The van der Waals surface area contributed by atoms with Crippen LogP contribution in [0.25, 0.3) is 21.7 Å². The van der Waals surface area contributed by atoms with Gasteiger partial charge in [0.1, 0.15) is 5.58 Å². The fourth-order valence-electron chi connectivity index (χ4n) is 2.16. The maximum Gasteiger partial charge on any atom is 0.164 e. The van der Waals surface area contributed by atoms with Crippen molar-refractivity contribution in [3.05, 3.63) is 40.9 Å². The van der Waals surface area contributed by atoms with Crippen molar-refractivity contribution in [1.29, 1.82) is 0 Å². The van der Waals surface area contributed by atoms with Crippen LogP contribution in [0.1, 0.15) is 45.1 Å². The normalized spacial score (nSPS) is 13.8. The molecule has 4 heteroatoms. The smallest absolute Gasteiger partial charge is 0.164 e. The van der Waals surface area contributed by atoms with Crippen molar-refractivity contribution >= 4 is 22.3 Å². The molecule has 0 fully saturated rings. The number of thiazole rings is 1. The third-order valence-corrected chi connectivity index (χ3v) is 4.36. The molecule has 110 valence electrons. The van der Waals surface area contributed by atoms with E-state index in [0.717, 1.165) is 33.0 Å². The second-order valence-electron chi connectivity index (χ2n) is 6.37. The molecule has 3 aromatic rings. The maximum atomic E-state index is 9.66. The van der Waals surface area contributed by atoms with Gasteiger partial charge in [0.2, 0.25) is 0 Å². The van der Waals surface area contributed by atoms with Crippen molar-refractivity contribution in [2.24, 2.45) is 0 Å². The van der Waals surface area contributed by atoms with Crippen LogP contribution in [-0.2, 0) is 5.41 Å². The van der Waals surface area contributed by atoms with Gasteiger partial charge in [0.15, 0.2) is 10.8 Å². The van der Waals surface area contributed by atoms with E-state index < -0.39 is 6.10 Å². The number of benzene rings is 1. The molecule has 0 radical (unpaired) electrons. The largest absolute Gasteiger partial charge is 0.454 e. The molecule has 0 aliphatic carbocycles. The van der Waals surface area contributed by atoms with Crippen molar-refractivity contribution < 1.29 is 9.52 Å². The van der Waals surface area contributed by atoms with E-state index in [4.69, 9.17) is 4.42 Å². The second-order valence-corrected chi connectivity index (χ2v) is 7.23.